The van der Waals surface area contributed by atoms with Crippen LogP contribution in [0.2, 0.25) is 0 Å². The summed E-state index contributed by atoms with van der Waals surface area (Å²) in [4.78, 5) is 57.6. The highest BCUT2D eigenvalue weighted by Gasteiger charge is 2.53. The van der Waals surface area contributed by atoms with Gasteiger partial charge in [-0.05, 0) is 31.6 Å². The molecule has 3 heterocycles. The van der Waals surface area contributed by atoms with E-state index in [1.807, 2.05) is 0 Å². The van der Waals surface area contributed by atoms with Crippen LogP contribution in [0.25, 0.3) is 0 Å². The van der Waals surface area contributed by atoms with Crippen LogP contribution >= 0.6 is 0 Å². The maximum absolute atomic E-state index is 13.4. The second-order valence-corrected chi connectivity index (χ2v) is 8.84. The predicted molar refractivity (Wildman–Crippen MR) is 121 cm³/mol. The molecule has 0 radical (unpaired) electrons. The summed E-state index contributed by atoms with van der Waals surface area (Å²) in [6.45, 7) is 4.02. The average molecular weight is 479 g/mol. The molecule has 3 aliphatic rings. The van der Waals surface area contributed by atoms with E-state index >= 15 is 0 Å². The molecule has 34 heavy (non-hydrogen) atoms. The van der Waals surface area contributed by atoms with E-state index in [0.29, 0.717) is 31.4 Å². The predicted octanol–water partition coefficient (Wildman–Crippen LogP) is -0.694. The number of likely N-dealkylation sites (tertiary alicyclic amines) is 1. The molecule has 2 saturated heterocycles. The molecular formula is C22H34N6O6. The van der Waals surface area contributed by atoms with Gasteiger partial charge in [0, 0.05) is 51.7 Å². The maximum atomic E-state index is 13.4. The van der Waals surface area contributed by atoms with Gasteiger partial charge in [-0.25, -0.2) is 4.98 Å². The molecule has 4 N–H and O–H groups in total. The normalized spacial score (nSPS) is 26.9. The van der Waals surface area contributed by atoms with Crippen LogP contribution in [0.4, 0.5) is 0 Å². The fourth-order valence-corrected chi connectivity index (χ4v) is 5.41. The molecule has 12 nitrogen and oxygen atoms in total. The number of aromatic nitrogens is 2. The monoisotopic (exact) mass is 478 g/mol. The molecule has 0 bridgehead atoms. The highest BCUT2D eigenvalue weighted by Crippen LogP contribution is 2.48. The fourth-order valence-electron chi connectivity index (χ4n) is 5.41. The smallest absolute Gasteiger partial charge is 0.290 e. The number of piperidine rings is 1. The molecule has 0 spiro atoms. The first-order chi connectivity index (χ1) is 16.4. The van der Waals surface area contributed by atoms with Crippen LogP contribution in [0.15, 0.2) is 12.4 Å². The zero-order valence-corrected chi connectivity index (χ0v) is 19.5. The zero-order valence-electron chi connectivity index (χ0n) is 19.5. The largest absolute Gasteiger partial charge is 0.483 e. The summed E-state index contributed by atoms with van der Waals surface area (Å²) in [6.07, 6.45) is 6.46. The number of nitrogens with zero attached hydrogens (tertiary/aromatic N) is 3. The molecule has 0 aromatic carbocycles. The lowest BCUT2D eigenvalue weighted by atomic mass is 9.60. The Balaban J connectivity index is 0.00000103. The number of morpholine rings is 1. The van der Waals surface area contributed by atoms with Crippen molar-refractivity contribution in [1.29, 1.82) is 0 Å². The number of carboxylic acid groups (broad SMARTS) is 1. The van der Waals surface area contributed by atoms with Crippen molar-refractivity contribution in [2.45, 2.75) is 31.7 Å². The number of aromatic amines is 1. The summed E-state index contributed by atoms with van der Waals surface area (Å²) < 4.78 is 5.50. The number of fused-ring (bicyclic) bond motifs is 1. The lowest BCUT2D eigenvalue weighted by Gasteiger charge is -2.53. The minimum absolute atomic E-state index is 0.0528. The lowest BCUT2D eigenvalue weighted by Crippen LogP contribution is -2.62. The lowest BCUT2D eigenvalue weighted by molar-refractivity contribution is -0.144. The van der Waals surface area contributed by atoms with Crippen molar-refractivity contribution in [1.82, 2.24) is 30.4 Å². The van der Waals surface area contributed by atoms with E-state index in [1.54, 1.807) is 24.3 Å². The first-order valence-corrected chi connectivity index (χ1v) is 11.6. The summed E-state index contributed by atoms with van der Waals surface area (Å²) in [5.74, 6) is -0.0841. The van der Waals surface area contributed by atoms with Gasteiger partial charge in [0.05, 0.1) is 25.2 Å². The van der Waals surface area contributed by atoms with E-state index in [0.717, 1.165) is 45.6 Å². The Labute approximate surface area is 198 Å². The van der Waals surface area contributed by atoms with Crippen LogP contribution in [0.3, 0.4) is 0 Å². The molecule has 188 valence electrons. The molecule has 1 saturated carbocycles. The van der Waals surface area contributed by atoms with E-state index in [9.17, 15) is 14.4 Å². The van der Waals surface area contributed by atoms with E-state index in [2.05, 4.69) is 25.5 Å². The number of imidazole rings is 1. The molecular weight excluding hydrogens is 444 g/mol. The molecule has 1 aliphatic carbocycles. The number of H-pyrrole nitrogens is 1. The van der Waals surface area contributed by atoms with Crippen LogP contribution in [0.1, 0.15) is 36.3 Å². The van der Waals surface area contributed by atoms with Gasteiger partial charge in [-0.15, -0.1) is 0 Å². The molecule has 3 amide bonds. The molecule has 1 aromatic heterocycles. The summed E-state index contributed by atoms with van der Waals surface area (Å²) in [5.41, 5.74) is -0.683. The van der Waals surface area contributed by atoms with Crippen LogP contribution in [-0.4, -0.2) is 108 Å². The van der Waals surface area contributed by atoms with Gasteiger partial charge in [-0.1, -0.05) is 0 Å². The second kappa shape index (κ2) is 11.9. The zero-order chi connectivity index (χ0) is 24.6. The third-order valence-electron chi connectivity index (χ3n) is 7.17. The third-order valence-corrected chi connectivity index (χ3v) is 7.17. The highest BCUT2D eigenvalue weighted by atomic mass is 16.5. The Morgan fingerprint density at radius 3 is 2.68 bits per heavy atom. The number of ether oxygens (including phenoxy) is 1. The standard InChI is InChI=1S/C21H32N6O4.CH2O2/c1-22-17(28)13-25-20(30)21-4-2-16(26-8-10-31-11-9-26)12-15(21)3-7-27(14-21)19(29)18-23-5-6-24-18;2-1-3/h5-6,15-16H,2-4,7-14H2,1H3,(H,22,28)(H,23,24)(H,25,30);1H,(H,2,3)/t15-,16-,21-;/m1./s1. The van der Waals surface area contributed by atoms with Crippen LogP contribution < -0.4 is 10.6 Å². The molecule has 0 unspecified atom stereocenters. The van der Waals surface area contributed by atoms with Crippen molar-refractivity contribution < 1.29 is 29.0 Å². The van der Waals surface area contributed by atoms with Crippen molar-refractivity contribution in [3.05, 3.63) is 18.2 Å². The van der Waals surface area contributed by atoms with Gasteiger partial charge in [0.1, 0.15) is 0 Å². The summed E-state index contributed by atoms with van der Waals surface area (Å²) in [6, 6.07) is 0.432. The van der Waals surface area contributed by atoms with Crippen LogP contribution in [0.5, 0.6) is 0 Å². The van der Waals surface area contributed by atoms with Gasteiger partial charge in [-0.3, -0.25) is 24.1 Å². The average Bonchev–Trinajstić information content (AvgIpc) is 3.42. The van der Waals surface area contributed by atoms with E-state index in [-0.39, 0.29) is 36.7 Å². The van der Waals surface area contributed by atoms with Gasteiger partial charge in [0.15, 0.2) is 5.82 Å². The van der Waals surface area contributed by atoms with E-state index in [1.165, 1.54) is 0 Å². The molecule has 3 fully saturated rings. The number of rotatable bonds is 5. The van der Waals surface area contributed by atoms with Crippen molar-refractivity contribution >= 4 is 24.2 Å². The summed E-state index contributed by atoms with van der Waals surface area (Å²) in [5, 5.41) is 12.3. The van der Waals surface area contributed by atoms with Crippen molar-refractivity contribution in [2.75, 3.05) is 53.0 Å². The fraction of sp³-hybridized carbons (Fsp3) is 0.682. The van der Waals surface area contributed by atoms with E-state index in [4.69, 9.17) is 14.6 Å². The number of carbonyl (C=O) groups is 4. The Morgan fingerprint density at radius 1 is 1.29 bits per heavy atom. The SMILES string of the molecule is CNC(=O)CNC(=O)[C@@]12CC[C@@H](N3CCOCC3)C[C@H]1CCN(C(=O)c1ncc[nH]1)C2.O=CO. The topological polar surface area (TPSA) is 157 Å². The Kier molecular flexibility index (Phi) is 8.99. The van der Waals surface area contributed by atoms with Gasteiger partial charge in [0.25, 0.3) is 12.4 Å². The second-order valence-electron chi connectivity index (χ2n) is 8.84. The molecule has 12 heteroatoms. The van der Waals surface area contributed by atoms with Gasteiger partial charge in [0.2, 0.25) is 11.8 Å². The minimum atomic E-state index is -0.683. The number of nitrogens with one attached hydrogen (secondary N) is 3. The van der Waals surface area contributed by atoms with Crippen molar-refractivity contribution in [2.24, 2.45) is 11.3 Å². The molecule has 1 aromatic rings. The summed E-state index contributed by atoms with van der Waals surface area (Å²) >= 11 is 0. The summed E-state index contributed by atoms with van der Waals surface area (Å²) in [7, 11) is 1.55. The van der Waals surface area contributed by atoms with Gasteiger partial charge in [-0.2, -0.15) is 0 Å². The van der Waals surface area contributed by atoms with Gasteiger partial charge < -0.3 is 30.4 Å². The quantitative estimate of drug-likeness (QED) is 0.405. The minimum Gasteiger partial charge on any atom is -0.483 e. The third kappa shape index (κ3) is 5.73. The first-order valence-electron chi connectivity index (χ1n) is 11.6. The first kappa shape index (κ1) is 25.6. The number of hydrogen-bond acceptors (Lipinski definition) is 7. The highest BCUT2D eigenvalue weighted by molar-refractivity contribution is 5.92. The van der Waals surface area contributed by atoms with Crippen LogP contribution in [0, 0.1) is 11.3 Å². The van der Waals surface area contributed by atoms with E-state index < -0.39 is 5.41 Å². The number of amides is 3. The number of likely N-dealkylation sites (N-methyl/N-ethyl adjacent to an activating group) is 1. The maximum Gasteiger partial charge on any atom is 0.290 e. The van der Waals surface area contributed by atoms with Crippen molar-refractivity contribution in [3.8, 4) is 0 Å². The Hall–Kier alpha value is -2.99. The van der Waals surface area contributed by atoms with Crippen LogP contribution in [-0.2, 0) is 19.1 Å². The Bertz CT molecular complexity index is 843. The molecule has 3 atom stereocenters. The van der Waals surface area contributed by atoms with Crippen molar-refractivity contribution in [3.63, 3.8) is 0 Å². The Morgan fingerprint density at radius 2 is 2.03 bits per heavy atom. The number of hydrogen-bond donors (Lipinski definition) is 4. The van der Waals surface area contributed by atoms with Gasteiger partial charge >= 0.3 is 0 Å². The number of carbonyl (C=O) groups excluding carboxylic acids is 3. The molecule has 4 rings (SSSR count). The molecule has 2 aliphatic heterocycles.